The molecule has 1 N–H and O–H groups in total. The summed E-state index contributed by atoms with van der Waals surface area (Å²) in [5.41, 5.74) is 0.307. The first kappa shape index (κ1) is 17.6. The Hall–Kier alpha value is -1.76. The topological polar surface area (TPSA) is 66.5 Å². The fourth-order valence-electron chi connectivity index (χ4n) is 1.87. The van der Waals surface area contributed by atoms with Gasteiger partial charge < -0.3 is 4.90 Å². The van der Waals surface area contributed by atoms with Gasteiger partial charge in [-0.05, 0) is 36.4 Å². The van der Waals surface area contributed by atoms with E-state index in [-0.39, 0.29) is 22.1 Å². The SMILES string of the molecule is CN(C)C(=O)c1ccc(Cl)cc1NS(=O)(=O)c1cccc(Cl)c1. The van der Waals surface area contributed by atoms with Crippen LogP contribution in [-0.2, 0) is 10.0 Å². The monoisotopic (exact) mass is 372 g/mol. The lowest BCUT2D eigenvalue weighted by Crippen LogP contribution is -2.24. The van der Waals surface area contributed by atoms with E-state index < -0.39 is 10.0 Å². The van der Waals surface area contributed by atoms with E-state index in [0.29, 0.717) is 10.0 Å². The Kier molecular flexibility index (Phi) is 5.19. The molecule has 0 aromatic heterocycles. The zero-order valence-electron chi connectivity index (χ0n) is 12.4. The summed E-state index contributed by atoms with van der Waals surface area (Å²) in [6.07, 6.45) is 0. The molecule has 122 valence electrons. The number of carbonyl (C=O) groups excluding carboxylic acids is 1. The van der Waals surface area contributed by atoms with Crippen molar-refractivity contribution in [2.24, 2.45) is 0 Å². The van der Waals surface area contributed by atoms with Crippen molar-refractivity contribution in [2.75, 3.05) is 18.8 Å². The van der Waals surface area contributed by atoms with Crippen LogP contribution in [0.1, 0.15) is 10.4 Å². The zero-order valence-corrected chi connectivity index (χ0v) is 14.7. The number of halogens is 2. The first-order valence-corrected chi connectivity index (χ1v) is 8.74. The summed E-state index contributed by atoms with van der Waals surface area (Å²) in [6, 6.07) is 10.2. The highest BCUT2D eigenvalue weighted by atomic mass is 35.5. The van der Waals surface area contributed by atoms with E-state index in [1.54, 1.807) is 20.2 Å². The zero-order chi connectivity index (χ0) is 17.2. The maximum atomic E-state index is 12.5. The highest BCUT2D eigenvalue weighted by Crippen LogP contribution is 2.25. The average molecular weight is 373 g/mol. The molecule has 2 aromatic rings. The van der Waals surface area contributed by atoms with Gasteiger partial charge in [0.25, 0.3) is 15.9 Å². The first-order chi connectivity index (χ1) is 10.7. The molecule has 0 bridgehead atoms. The van der Waals surface area contributed by atoms with Crippen molar-refractivity contribution in [2.45, 2.75) is 4.90 Å². The van der Waals surface area contributed by atoms with Crippen LogP contribution in [0, 0.1) is 0 Å². The molecule has 0 radical (unpaired) electrons. The number of rotatable bonds is 4. The Morgan fingerprint density at radius 3 is 2.30 bits per heavy atom. The van der Waals surface area contributed by atoms with E-state index in [4.69, 9.17) is 23.2 Å². The van der Waals surface area contributed by atoms with E-state index in [1.807, 2.05) is 0 Å². The molecule has 0 fully saturated rings. The maximum Gasteiger partial charge on any atom is 0.261 e. The molecule has 0 aliphatic rings. The molecule has 1 amide bonds. The van der Waals surface area contributed by atoms with Gasteiger partial charge in [-0.25, -0.2) is 8.42 Å². The molecule has 23 heavy (non-hydrogen) atoms. The summed E-state index contributed by atoms with van der Waals surface area (Å²) in [6.45, 7) is 0. The van der Waals surface area contributed by atoms with E-state index in [9.17, 15) is 13.2 Å². The average Bonchev–Trinajstić information content (AvgIpc) is 2.46. The van der Waals surface area contributed by atoms with Crippen molar-refractivity contribution < 1.29 is 13.2 Å². The van der Waals surface area contributed by atoms with Crippen LogP contribution in [0.4, 0.5) is 5.69 Å². The Bertz CT molecular complexity index is 852. The lowest BCUT2D eigenvalue weighted by molar-refractivity contribution is 0.0828. The van der Waals surface area contributed by atoms with Gasteiger partial charge in [0.05, 0.1) is 16.1 Å². The van der Waals surface area contributed by atoms with Crippen LogP contribution in [0.3, 0.4) is 0 Å². The Balaban J connectivity index is 2.47. The maximum absolute atomic E-state index is 12.5. The summed E-state index contributed by atoms with van der Waals surface area (Å²) in [5, 5.41) is 0.604. The minimum Gasteiger partial charge on any atom is -0.345 e. The second kappa shape index (κ2) is 6.78. The molecule has 2 aromatic carbocycles. The van der Waals surface area contributed by atoms with Gasteiger partial charge in [-0.3, -0.25) is 9.52 Å². The number of sulfonamides is 1. The highest BCUT2D eigenvalue weighted by Gasteiger charge is 2.20. The van der Waals surface area contributed by atoms with Gasteiger partial charge in [0, 0.05) is 24.1 Å². The molecule has 5 nitrogen and oxygen atoms in total. The minimum absolute atomic E-state index is 0.00627. The Morgan fingerprint density at radius 1 is 1.04 bits per heavy atom. The highest BCUT2D eigenvalue weighted by molar-refractivity contribution is 7.92. The van der Waals surface area contributed by atoms with Gasteiger partial charge in [-0.1, -0.05) is 29.3 Å². The Morgan fingerprint density at radius 2 is 1.70 bits per heavy atom. The van der Waals surface area contributed by atoms with Crippen LogP contribution >= 0.6 is 23.2 Å². The number of carbonyl (C=O) groups is 1. The molecule has 0 heterocycles. The van der Waals surface area contributed by atoms with Crippen molar-refractivity contribution in [3.63, 3.8) is 0 Å². The standard InChI is InChI=1S/C15H14Cl2N2O3S/c1-19(2)15(20)13-7-6-11(17)9-14(13)18-23(21,22)12-5-3-4-10(16)8-12/h3-9,18H,1-2H3. The van der Waals surface area contributed by atoms with Crippen molar-refractivity contribution in [3.05, 3.63) is 58.1 Å². The van der Waals surface area contributed by atoms with Crippen molar-refractivity contribution in [1.29, 1.82) is 0 Å². The quantitative estimate of drug-likeness (QED) is 0.892. The third-order valence-electron chi connectivity index (χ3n) is 2.97. The van der Waals surface area contributed by atoms with Crippen LogP contribution in [0.5, 0.6) is 0 Å². The number of anilines is 1. The van der Waals surface area contributed by atoms with Crippen LogP contribution < -0.4 is 4.72 Å². The van der Waals surface area contributed by atoms with E-state index in [2.05, 4.69) is 4.72 Å². The van der Waals surface area contributed by atoms with Gasteiger partial charge in [0.15, 0.2) is 0 Å². The van der Waals surface area contributed by atoms with Gasteiger partial charge >= 0.3 is 0 Å². The molecule has 0 saturated carbocycles. The van der Waals surface area contributed by atoms with Gasteiger partial charge in [0.2, 0.25) is 0 Å². The molecule has 8 heteroatoms. The second-order valence-electron chi connectivity index (χ2n) is 4.95. The number of benzene rings is 2. The van der Waals surface area contributed by atoms with Crippen LogP contribution in [0.25, 0.3) is 0 Å². The molecule has 0 saturated heterocycles. The Labute approximate surface area is 144 Å². The predicted molar refractivity (Wildman–Crippen MR) is 91.7 cm³/mol. The summed E-state index contributed by atoms with van der Waals surface area (Å²) in [7, 11) is -0.747. The summed E-state index contributed by atoms with van der Waals surface area (Å²) in [5.74, 6) is -0.342. The lowest BCUT2D eigenvalue weighted by Gasteiger charge is -2.16. The van der Waals surface area contributed by atoms with Crippen molar-refractivity contribution in [1.82, 2.24) is 4.90 Å². The molecule has 2 rings (SSSR count). The number of nitrogens with one attached hydrogen (secondary N) is 1. The number of hydrogen-bond acceptors (Lipinski definition) is 3. The second-order valence-corrected chi connectivity index (χ2v) is 7.51. The largest absolute Gasteiger partial charge is 0.345 e. The molecule has 0 aliphatic carbocycles. The normalized spacial score (nSPS) is 11.1. The molecule has 0 unspecified atom stereocenters. The number of amides is 1. The minimum atomic E-state index is -3.90. The van der Waals surface area contributed by atoms with Crippen molar-refractivity contribution >= 4 is 44.8 Å². The third-order valence-corrected chi connectivity index (χ3v) is 4.80. The molecule has 0 aliphatic heterocycles. The fraction of sp³-hybridized carbons (Fsp3) is 0.133. The fourth-order valence-corrected chi connectivity index (χ4v) is 3.41. The smallest absolute Gasteiger partial charge is 0.261 e. The number of nitrogens with zero attached hydrogens (tertiary/aromatic N) is 1. The van der Waals surface area contributed by atoms with Gasteiger partial charge in [0.1, 0.15) is 0 Å². The van der Waals surface area contributed by atoms with Gasteiger partial charge in [-0.2, -0.15) is 0 Å². The third kappa shape index (κ3) is 4.16. The summed E-state index contributed by atoms with van der Waals surface area (Å²) < 4.78 is 27.3. The summed E-state index contributed by atoms with van der Waals surface area (Å²) in [4.78, 5) is 13.5. The van der Waals surface area contributed by atoms with Gasteiger partial charge in [-0.15, -0.1) is 0 Å². The first-order valence-electron chi connectivity index (χ1n) is 6.50. The van der Waals surface area contributed by atoms with E-state index in [1.165, 1.54) is 41.3 Å². The van der Waals surface area contributed by atoms with Crippen LogP contribution in [0.2, 0.25) is 10.0 Å². The number of hydrogen-bond donors (Lipinski definition) is 1. The molecular weight excluding hydrogens is 359 g/mol. The predicted octanol–water partition coefficient (Wildman–Crippen LogP) is 3.50. The molecule has 0 spiro atoms. The van der Waals surface area contributed by atoms with Crippen LogP contribution in [0.15, 0.2) is 47.4 Å². The molecular formula is C15H14Cl2N2O3S. The van der Waals surface area contributed by atoms with E-state index >= 15 is 0 Å². The van der Waals surface area contributed by atoms with E-state index in [0.717, 1.165) is 0 Å². The van der Waals surface area contributed by atoms with Crippen LogP contribution in [-0.4, -0.2) is 33.3 Å². The van der Waals surface area contributed by atoms with Crippen molar-refractivity contribution in [3.8, 4) is 0 Å². The molecule has 0 atom stereocenters. The lowest BCUT2D eigenvalue weighted by atomic mass is 10.1. The summed E-state index contributed by atoms with van der Waals surface area (Å²) >= 11 is 11.7.